The van der Waals surface area contributed by atoms with Gasteiger partial charge in [0.05, 0.1) is 11.6 Å². The minimum Gasteiger partial charge on any atom is -0.481 e. The second kappa shape index (κ2) is 6.91. The Kier molecular flexibility index (Phi) is 5.19. The molecule has 0 saturated carbocycles. The number of nitriles is 1. The summed E-state index contributed by atoms with van der Waals surface area (Å²) in [4.78, 5) is 21.6. The highest BCUT2D eigenvalue weighted by Gasteiger charge is 2.02. The van der Waals surface area contributed by atoms with Crippen LogP contribution in [0.25, 0.3) is 0 Å². The average Bonchev–Trinajstić information content (AvgIpc) is 2.35. The van der Waals surface area contributed by atoms with Crippen LogP contribution in [0.15, 0.2) is 24.3 Å². The van der Waals surface area contributed by atoms with Gasteiger partial charge in [-0.25, -0.2) is 4.79 Å². The number of aliphatic carboxylic acids is 1. The Morgan fingerprint density at radius 1 is 1.28 bits per heavy atom. The SMILES string of the molecule is N#Cc1ccc(NC(=O)NCCCC(=O)O)cc1. The van der Waals surface area contributed by atoms with Crippen molar-refractivity contribution in [2.24, 2.45) is 0 Å². The maximum atomic E-state index is 11.4. The third kappa shape index (κ3) is 4.99. The first kappa shape index (κ1) is 13.5. The fourth-order valence-electron chi connectivity index (χ4n) is 1.24. The number of urea groups is 1. The van der Waals surface area contributed by atoms with Crippen molar-refractivity contribution in [3.8, 4) is 6.07 Å². The van der Waals surface area contributed by atoms with E-state index in [0.29, 0.717) is 24.2 Å². The van der Waals surface area contributed by atoms with E-state index >= 15 is 0 Å². The molecule has 1 aromatic rings. The van der Waals surface area contributed by atoms with Gasteiger partial charge in [0.2, 0.25) is 0 Å². The third-order valence-corrected chi connectivity index (χ3v) is 2.12. The van der Waals surface area contributed by atoms with E-state index in [1.54, 1.807) is 24.3 Å². The van der Waals surface area contributed by atoms with Crippen molar-refractivity contribution in [2.75, 3.05) is 11.9 Å². The van der Waals surface area contributed by atoms with Crippen LogP contribution in [0.5, 0.6) is 0 Å². The molecule has 0 aromatic heterocycles. The number of carboxylic acids is 1. The van der Waals surface area contributed by atoms with Gasteiger partial charge in [0, 0.05) is 18.7 Å². The lowest BCUT2D eigenvalue weighted by Gasteiger charge is -2.06. The summed E-state index contributed by atoms with van der Waals surface area (Å²) in [6.45, 7) is 0.300. The van der Waals surface area contributed by atoms with Crippen molar-refractivity contribution in [1.29, 1.82) is 5.26 Å². The predicted octanol–water partition coefficient (Wildman–Crippen LogP) is 1.54. The first-order valence-electron chi connectivity index (χ1n) is 5.38. The predicted molar refractivity (Wildman–Crippen MR) is 65.0 cm³/mol. The zero-order valence-electron chi connectivity index (χ0n) is 9.64. The van der Waals surface area contributed by atoms with Gasteiger partial charge < -0.3 is 15.7 Å². The van der Waals surface area contributed by atoms with E-state index in [2.05, 4.69) is 10.6 Å². The van der Waals surface area contributed by atoms with Crippen LogP contribution in [0.4, 0.5) is 10.5 Å². The first-order valence-corrected chi connectivity index (χ1v) is 5.38. The van der Waals surface area contributed by atoms with E-state index in [1.165, 1.54) is 0 Å². The molecule has 3 N–H and O–H groups in total. The molecule has 0 unspecified atom stereocenters. The zero-order valence-corrected chi connectivity index (χ0v) is 9.64. The summed E-state index contributed by atoms with van der Waals surface area (Å²) in [5.74, 6) is -0.885. The number of anilines is 1. The summed E-state index contributed by atoms with van der Waals surface area (Å²) in [7, 11) is 0. The maximum Gasteiger partial charge on any atom is 0.319 e. The summed E-state index contributed by atoms with van der Waals surface area (Å²) in [6.07, 6.45) is 0.410. The Bertz CT molecular complexity index is 462. The van der Waals surface area contributed by atoms with E-state index in [0.717, 1.165) is 0 Å². The molecule has 0 saturated heterocycles. The highest BCUT2D eigenvalue weighted by atomic mass is 16.4. The highest BCUT2D eigenvalue weighted by molar-refractivity contribution is 5.89. The molecule has 0 radical (unpaired) electrons. The van der Waals surface area contributed by atoms with Crippen LogP contribution in [0, 0.1) is 11.3 Å². The second-order valence-electron chi connectivity index (χ2n) is 3.57. The summed E-state index contributed by atoms with van der Waals surface area (Å²) in [5, 5.41) is 22.1. The summed E-state index contributed by atoms with van der Waals surface area (Å²) in [6, 6.07) is 8.01. The minimum absolute atomic E-state index is 0.0249. The number of carbonyl (C=O) groups excluding carboxylic acids is 1. The van der Waals surface area contributed by atoms with Crippen LogP contribution in [-0.4, -0.2) is 23.7 Å². The topological polar surface area (TPSA) is 102 Å². The largest absolute Gasteiger partial charge is 0.481 e. The molecule has 0 fully saturated rings. The van der Waals surface area contributed by atoms with Gasteiger partial charge in [-0.3, -0.25) is 4.79 Å². The molecule has 94 valence electrons. The van der Waals surface area contributed by atoms with Crippen molar-refractivity contribution in [3.05, 3.63) is 29.8 Å². The van der Waals surface area contributed by atoms with E-state index in [9.17, 15) is 9.59 Å². The molecule has 2 amide bonds. The van der Waals surface area contributed by atoms with Gasteiger partial charge >= 0.3 is 12.0 Å². The number of hydrogen-bond donors (Lipinski definition) is 3. The molecule has 6 nitrogen and oxygen atoms in total. The molecule has 18 heavy (non-hydrogen) atoms. The number of carboxylic acid groups (broad SMARTS) is 1. The normalized spacial score (nSPS) is 9.28. The zero-order chi connectivity index (χ0) is 13.4. The van der Waals surface area contributed by atoms with E-state index in [4.69, 9.17) is 10.4 Å². The number of benzene rings is 1. The van der Waals surface area contributed by atoms with Crippen LogP contribution in [0.2, 0.25) is 0 Å². The van der Waals surface area contributed by atoms with E-state index < -0.39 is 12.0 Å². The van der Waals surface area contributed by atoms with Crippen LogP contribution in [0.3, 0.4) is 0 Å². The summed E-state index contributed by atoms with van der Waals surface area (Å²) >= 11 is 0. The molecule has 0 aliphatic carbocycles. The monoisotopic (exact) mass is 247 g/mol. The molecule has 1 rings (SSSR count). The number of rotatable bonds is 5. The average molecular weight is 247 g/mol. The molecule has 0 aliphatic heterocycles. The van der Waals surface area contributed by atoms with Crippen molar-refractivity contribution < 1.29 is 14.7 Å². The van der Waals surface area contributed by atoms with Crippen LogP contribution in [0.1, 0.15) is 18.4 Å². The van der Waals surface area contributed by atoms with Crippen LogP contribution >= 0.6 is 0 Å². The molecular weight excluding hydrogens is 234 g/mol. The maximum absolute atomic E-state index is 11.4. The second-order valence-corrected chi connectivity index (χ2v) is 3.57. The van der Waals surface area contributed by atoms with Gasteiger partial charge in [0.1, 0.15) is 0 Å². The fraction of sp³-hybridized carbons (Fsp3) is 0.250. The fourth-order valence-corrected chi connectivity index (χ4v) is 1.24. The Labute approximate surface area is 104 Å². The summed E-state index contributed by atoms with van der Waals surface area (Å²) in [5.41, 5.74) is 1.09. The summed E-state index contributed by atoms with van der Waals surface area (Å²) < 4.78 is 0. The molecule has 0 heterocycles. The molecule has 0 aliphatic rings. The minimum atomic E-state index is -0.885. The number of nitrogens with zero attached hydrogens (tertiary/aromatic N) is 1. The molecule has 0 atom stereocenters. The van der Waals surface area contributed by atoms with E-state index in [-0.39, 0.29) is 6.42 Å². The van der Waals surface area contributed by atoms with Gasteiger partial charge in [-0.05, 0) is 30.7 Å². The molecule has 1 aromatic carbocycles. The van der Waals surface area contributed by atoms with Crippen molar-refractivity contribution in [3.63, 3.8) is 0 Å². The van der Waals surface area contributed by atoms with Gasteiger partial charge in [0.15, 0.2) is 0 Å². The Morgan fingerprint density at radius 3 is 2.50 bits per heavy atom. The number of nitrogens with one attached hydrogen (secondary N) is 2. The van der Waals surface area contributed by atoms with Gasteiger partial charge in [-0.15, -0.1) is 0 Å². The van der Waals surface area contributed by atoms with Gasteiger partial charge in [0.25, 0.3) is 0 Å². The first-order chi connectivity index (χ1) is 8.61. The lowest BCUT2D eigenvalue weighted by atomic mass is 10.2. The quantitative estimate of drug-likeness (QED) is 0.687. The number of hydrogen-bond acceptors (Lipinski definition) is 3. The van der Waals surface area contributed by atoms with Crippen molar-refractivity contribution in [2.45, 2.75) is 12.8 Å². The standard InChI is InChI=1S/C12H13N3O3/c13-8-9-3-5-10(6-4-9)15-12(18)14-7-1-2-11(16)17/h3-6H,1-2,7H2,(H,16,17)(H2,14,15,18). The van der Waals surface area contributed by atoms with Crippen molar-refractivity contribution in [1.82, 2.24) is 5.32 Å². The lowest BCUT2D eigenvalue weighted by Crippen LogP contribution is -2.29. The molecule has 0 bridgehead atoms. The van der Waals surface area contributed by atoms with Gasteiger partial charge in [-0.1, -0.05) is 0 Å². The van der Waals surface area contributed by atoms with Gasteiger partial charge in [-0.2, -0.15) is 5.26 Å². The smallest absolute Gasteiger partial charge is 0.319 e. The number of carbonyl (C=O) groups is 2. The molecule has 0 spiro atoms. The molecular formula is C12H13N3O3. The Hall–Kier alpha value is -2.55. The van der Waals surface area contributed by atoms with E-state index in [1.807, 2.05) is 6.07 Å². The Morgan fingerprint density at radius 2 is 1.94 bits per heavy atom. The van der Waals surface area contributed by atoms with Crippen molar-refractivity contribution >= 4 is 17.7 Å². The highest BCUT2D eigenvalue weighted by Crippen LogP contribution is 2.08. The van der Waals surface area contributed by atoms with Crippen LogP contribution < -0.4 is 10.6 Å². The van der Waals surface area contributed by atoms with Crippen LogP contribution in [-0.2, 0) is 4.79 Å². The lowest BCUT2D eigenvalue weighted by molar-refractivity contribution is -0.137. The Balaban J connectivity index is 2.31. The third-order valence-electron chi connectivity index (χ3n) is 2.12. The molecule has 6 heteroatoms. The number of amides is 2.